The van der Waals surface area contributed by atoms with Gasteiger partial charge in [-0.15, -0.1) is 0 Å². The molecular formula is C25H22N6O4. The molecule has 1 amide bonds. The van der Waals surface area contributed by atoms with E-state index in [9.17, 15) is 14.9 Å². The molecule has 35 heavy (non-hydrogen) atoms. The molecule has 0 spiro atoms. The number of carbonyl (C=O) groups excluding carboxylic acids is 1. The first-order valence-corrected chi connectivity index (χ1v) is 10.6. The SMILES string of the molecule is COc1c(C(=O)Nc2cnoc2)nc(N(C)C(c2ccccc2)c2cccc(C#N)c2)n(C)c1=O. The third-order valence-electron chi connectivity index (χ3n) is 5.48. The van der Waals surface area contributed by atoms with Crippen molar-refractivity contribution in [3.8, 4) is 11.8 Å². The second-order valence-electron chi connectivity index (χ2n) is 7.69. The van der Waals surface area contributed by atoms with Crippen LogP contribution in [0.4, 0.5) is 11.6 Å². The van der Waals surface area contributed by atoms with Crippen molar-refractivity contribution in [2.75, 3.05) is 24.4 Å². The van der Waals surface area contributed by atoms with E-state index >= 15 is 0 Å². The van der Waals surface area contributed by atoms with Gasteiger partial charge >= 0.3 is 0 Å². The molecule has 0 saturated heterocycles. The summed E-state index contributed by atoms with van der Waals surface area (Å²) in [4.78, 5) is 32.5. The highest BCUT2D eigenvalue weighted by molar-refractivity contribution is 6.04. The zero-order valence-corrected chi connectivity index (χ0v) is 19.3. The van der Waals surface area contributed by atoms with Crippen molar-refractivity contribution in [1.29, 1.82) is 5.26 Å². The maximum atomic E-state index is 13.2. The summed E-state index contributed by atoms with van der Waals surface area (Å²) in [5.74, 6) is -0.621. The molecule has 176 valence electrons. The van der Waals surface area contributed by atoms with E-state index in [4.69, 9.17) is 9.26 Å². The molecular weight excluding hydrogens is 448 g/mol. The highest BCUT2D eigenvalue weighted by Crippen LogP contribution is 2.31. The summed E-state index contributed by atoms with van der Waals surface area (Å²) in [6, 6.07) is 18.6. The Bertz CT molecular complexity index is 1440. The molecule has 0 aliphatic rings. The van der Waals surface area contributed by atoms with Crippen molar-refractivity contribution in [2.45, 2.75) is 6.04 Å². The van der Waals surface area contributed by atoms with Crippen molar-refractivity contribution < 1.29 is 14.1 Å². The first kappa shape index (κ1) is 23.3. The van der Waals surface area contributed by atoms with Gasteiger partial charge in [0.05, 0.1) is 31.0 Å². The number of ether oxygens (including phenoxy) is 1. The predicted molar refractivity (Wildman–Crippen MR) is 128 cm³/mol. The third kappa shape index (κ3) is 4.60. The number of benzene rings is 2. The zero-order valence-electron chi connectivity index (χ0n) is 19.3. The predicted octanol–water partition coefficient (Wildman–Crippen LogP) is 3.13. The Morgan fingerprint density at radius 3 is 2.60 bits per heavy atom. The Labute approximate surface area is 201 Å². The number of hydrogen-bond acceptors (Lipinski definition) is 8. The molecule has 2 heterocycles. The molecule has 4 rings (SSSR count). The monoisotopic (exact) mass is 470 g/mol. The molecule has 0 saturated carbocycles. The van der Waals surface area contributed by atoms with Gasteiger partial charge in [-0.05, 0) is 23.3 Å². The van der Waals surface area contributed by atoms with E-state index in [1.807, 2.05) is 36.4 Å². The second kappa shape index (κ2) is 9.93. The number of hydrogen-bond donors (Lipinski definition) is 1. The summed E-state index contributed by atoms with van der Waals surface area (Å²) in [7, 11) is 4.63. The lowest BCUT2D eigenvalue weighted by molar-refractivity contribution is 0.101. The average Bonchev–Trinajstić information content (AvgIpc) is 3.39. The van der Waals surface area contributed by atoms with Gasteiger partial charge in [0.2, 0.25) is 11.7 Å². The van der Waals surface area contributed by atoms with Crippen molar-refractivity contribution in [3.05, 3.63) is 99.8 Å². The molecule has 1 unspecified atom stereocenters. The number of methoxy groups -OCH3 is 1. The number of rotatable bonds is 7. The van der Waals surface area contributed by atoms with Crippen LogP contribution in [0.2, 0.25) is 0 Å². The van der Waals surface area contributed by atoms with Crippen LogP contribution in [-0.4, -0.2) is 34.8 Å². The summed E-state index contributed by atoms with van der Waals surface area (Å²) in [6.07, 6.45) is 2.58. The van der Waals surface area contributed by atoms with Crippen LogP contribution >= 0.6 is 0 Å². The Hall–Kier alpha value is -4.91. The van der Waals surface area contributed by atoms with E-state index in [2.05, 4.69) is 21.5 Å². The van der Waals surface area contributed by atoms with Crippen molar-refractivity contribution in [2.24, 2.45) is 7.05 Å². The third-order valence-corrected chi connectivity index (χ3v) is 5.48. The average molecular weight is 470 g/mol. The maximum absolute atomic E-state index is 13.2. The van der Waals surface area contributed by atoms with Crippen LogP contribution in [0.5, 0.6) is 5.75 Å². The fourth-order valence-electron chi connectivity index (χ4n) is 3.85. The van der Waals surface area contributed by atoms with Crippen molar-refractivity contribution in [1.82, 2.24) is 14.7 Å². The molecule has 2 aromatic heterocycles. The van der Waals surface area contributed by atoms with E-state index in [-0.39, 0.29) is 17.4 Å². The fourth-order valence-corrected chi connectivity index (χ4v) is 3.85. The molecule has 0 aliphatic heterocycles. The van der Waals surface area contributed by atoms with Crippen molar-refractivity contribution >= 4 is 17.5 Å². The largest absolute Gasteiger partial charge is 0.489 e. The standard InChI is InChI=1S/C25H22N6O4/c1-30(21(17-9-5-4-6-10-17)18-11-7-8-16(12-18)13-26)25-29-20(22(34-3)24(33)31(25)2)23(32)28-19-14-27-35-15-19/h4-12,14-15,21H,1-3H3,(H,28,32). The first-order chi connectivity index (χ1) is 16.9. The molecule has 2 aromatic carbocycles. The maximum Gasteiger partial charge on any atom is 0.297 e. The van der Waals surface area contributed by atoms with Gasteiger partial charge in [-0.2, -0.15) is 5.26 Å². The highest BCUT2D eigenvalue weighted by Gasteiger charge is 2.28. The van der Waals surface area contributed by atoms with Gasteiger partial charge in [-0.3, -0.25) is 14.2 Å². The molecule has 10 heteroatoms. The van der Waals surface area contributed by atoms with Crippen LogP contribution in [0, 0.1) is 11.3 Å². The van der Waals surface area contributed by atoms with E-state index < -0.39 is 17.5 Å². The molecule has 10 nitrogen and oxygen atoms in total. The Morgan fingerprint density at radius 1 is 1.20 bits per heavy atom. The Kier molecular flexibility index (Phi) is 6.59. The quantitative estimate of drug-likeness (QED) is 0.437. The number of anilines is 2. The summed E-state index contributed by atoms with van der Waals surface area (Å²) in [5.41, 5.74) is 1.82. The molecule has 0 aliphatic carbocycles. The van der Waals surface area contributed by atoms with E-state index in [0.29, 0.717) is 11.3 Å². The first-order valence-electron chi connectivity index (χ1n) is 10.6. The van der Waals surface area contributed by atoms with Gasteiger partial charge in [0.15, 0.2) is 5.69 Å². The van der Waals surface area contributed by atoms with Crippen LogP contribution < -0.4 is 20.5 Å². The highest BCUT2D eigenvalue weighted by atomic mass is 16.5. The molecule has 1 N–H and O–H groups in total. The topological polar surface area (TPSA) is 126 Å². The zero-order chi connectivity index (χ0) is 24.9. The van der Waals surface area contributed by atoms with Crippen LogP contribution in [0.3, 0.4) is 0 Å². The Balaban J connectivity index is 1.86. The number of nitriles is 1. The lowest BCUT2D eigenvalue weighted by Crippen LogP contribution is -2.35. The molecule has 0 radical (unpaired) electrons. The summed E-state index contributed by atoms with van der Waals surface area (Å²) < 4.78 is 11.3. The number of nitrogens with one attached hydrogen (secondary N) is 1. The van der Waals surface area contributed by atoms with E-state index in [1.165, 1.54) is 24.1 Å². The van der Waals surface area contributed by atoms with Crippen LogP contribution in [0.1, 0.15) is 33.2 Å². The van der Waals surface area contributed by atoms with Crippen molar-refractivity contribution in [3.63, 3.8) is 0 Å². The summed E-state index contributed by atoms with van der Waals surface area (Å²) >= 11 is 0. The van der Waals surface area contributed by atoms with E-state index in [0.717, 1.165) is 11.1 Å². The Morgan fingerprint density at radius 2 is 1.94 bits per heavy atom. The number of carbonyl (C=O) groups is 1. The lowest BCUT2D eigenvalue weighted by Gasteiger charge is -2.31. The van der Waals surface area contributed by atoms with Gasteiger partial charge in [-0.25, -0.2) is 4.98 Å². The number of nitrogens with zero attached hydrogens (tertiary/aromatic N) is 5. The molecule has 1 atom stereocenters. The molecule has 4 aromatic rings. The molecule has 0 fully saturated rings. The summed E-state index contributed by atoms with van der Waals surface area (Å²) in [5, 5.41) is 15.6. The van der Waals surface area contributed by atoms with Gasteiger partial charge in [0, 0.05) is 14.1 Å². The lowest BCUT2D eigenvalue weighted by atomic mass is 9.96. The minimum Gasteiger partial charge on any atom is -0.489 e. The van der Waals surface area contributed by atoms with Gasteiger partial charge in [0.1, 0.15) is 12.0 Å². The fraction of sp³-hybridized carbons (Fsp3) is 0.160. The van der Waals surface area contributed by atoms with Gasteiger partial charge < -0.3 is 19.5 Å². The minimum atomic E-state index is -0.653. The molecule has 0 bridgehead atoms. The van der Waals surface area contributed by atoms with Crippen LogP contribution in [0.25, 0.3) is 0 Å². The second-order valence-corrected chi connectivity index (χ2v) is 7.69. The normalized spacial score (nSPS) is 11.4. The number of aromatic nitrogens is 3. The summed E-state index contributed by atoms with van der Waals surface area (Å²) in [6.45, 7) is 0. The van der Waals surface area contributed by atoms with Gasteiger partial charge in [0.25, 0.3) is 11.5 Å². The van der Waals surface area contributed by atoms with Gasteiger partial charge in [-0.1, -0.05) is 47.6 Å². The van der Waals surface area contributed by atoms with Crippen LogP contribution in [-0.2, 0) is 7.05 Å². The van der Waals surface area contributed by atoms with Crippen LogP contribution in [0.15, 0.2) is 76.4 Å². The van der Waals surface area contributed by atoms with E-state index in [1.54, 1.807) is 37.2 Å². The smallest absolute Gasteiger partial charge is 0.297 e. The number of amides is 1. The minimum absolute atomic E-state index is 0.184.